The molecule has 0 aromatic heterocycles. The molecule has 0 radical (unpaired) electrons. The summed E-state index contributed by atoms with van der Waals surface area (Å²) in [7, 11) is 1.49. The summed E-state index contributed by atoms with van der Waals surface area (Å²) < 4.78 is 41.3. The van der Waals surface area contributed by atoms with E-state index in [1.54, 1.807) is 18.2 Å². The van der Waals surface area contributed by atoms with Crippen LogP contribution < -0.4 is 10.1 Å². The van der Waals surface area contributed by atoms with Gasteiger partial charge in [0.2, 0.25) is 0 Å². The molecule has 0 amide bonds. The molecular weight excluding hydrogens is 267 g/mol. The van der Waals surface area contributed by atoms with Crippen molar-refractivity contribution < 1.29 is 22.7 Å². The van der Waals surface area contributed by atoms with Crippen LogP contribution in [0.15, 0.2) is 34.2 Å². The third-order valence-electron chi connectivity index (χ3n) is 2.21. The van der Waals surface area contributed by atoms with E-state index in [1.165, 1.54) is 7.11 Å². The monoisotopic (exact) mass is 275 g/mol. The number of carbonyl (C=O) groups excluding carboxylic acids is 1. The van der Waals surface area contributed by atoms with Gasteiger partial charge in [-0.3, -0.25) is 4.79 Å². The van der Waals surface area contributed by atoms with Gasteiger partial charge >= 0.3 is 6.18 Å². The van der Waals surface area contributed by atoms with E-state index in [0.29, 0.717) is 17.5 Å². The molecule has 3 nitrogen and oxygen atoms in total. The van der Waals surface area contributed by atoms with E-state index in [4.69, 9.17) is 4.74 Å². The number of anilines is 1. The molecule has 1 aromatic rings. The fraction of sp³-hybridized carbons (Fsp3) is 0.182. The summed E-state index contributed by atoms with van der Waals surface area (Å²) in [5.41, 5.74) is 0.626. The molecule has 0 saturated carbocycles. The quantitative estimate of drug-likeness (QED) is 0.841. The van der Waals surface area contributed by atoms with E-state index in [0.717, 1.165) is 16.7 Å². The minimum atomic E-state index is -4.85. The molecule has 1 aromatic carbocycles. The lowest BCUT2D eigenvalue weighted by atomic mass is 10.3. The number of allylic oxidation sites excluding steroid dienone is 1. The highest BCUT2D eigenvalue weighted by Gasteiger charge is 2.37. The zero-order chi connectivity index (χ0) is 13.3. The van der Waals surface area contributed by atoms with Crippen LogP contribution in [0.25, 0.3) is 0 Å². The number of ketones is 1. The minimum absolute atomic E-state index is 0.153. The number of alkyl halides is 3. The Labute approximate surface area is 105 Å². The standard InChI is InChI=1S/C11H8F3NO2S/c1-17-6-2-3-8-7(4-6)15-10(18-8)5-9(16)11(12,13)14/h2-5,15H,1H3/b10-5+. The minimum Gasteiger partial charge on any atom is -0.497 e. The number of rotatable bonds is 2. The van der Waals surface area contributed by atoms with Gasteiger partial charge in [-0.2, -0.15) is 13.2 Å². The lowest BCUT2D eigenvalue weighted by Gasteiger charge is -2.03. The number of hydrogen-bond acceptors (Lipinski definition) is 4. The summed E-state index contributed by atoms with van der Waals surface area (Å²) in [5, 5.41) is 2.89. The van der Waals surface area contributed by atoms with Gasteiger partial charge in [0, 0.05) is 17.0 Å². The fourth-order valence-corrected chi connectivity index (χ4v) is 2.29. The van der Waals surface area contributed by atoms with Gasteiger partial charge in [0.1, 0.15) is 5.75 Å². The Morgan fingerprint density at radius 3 is 2.78 bits per heavy atom. The van der Waals surface area contributed by atoms with Crippen LogP contribution in [0.3, 0.4) is 0 Å². The molecule has 1 heterocycles. The molecule has 0 atom stereocenters. The second-order valence-corrected chi connectivity index (χ2v) is 4.54. The summed E-state index contributed by atoms with van der Waals surface area (Å²) in [4.78, 5) is 11.6. The molecule has 0 spiro atoms. The van der Waals surface area contributed by atoms with Crippen molar-refractivity contribution in [1.82, 2.24) is 0 Å². The normalized spacial score (nSPS) is 16.3. The fourth-order valence-electron chi connectivity index (χ4n) is 1.37. The van der Waals surface area contributed by atoms with Gasteiger partial charge in [0.05, 0.1) is 17.8 Å². The lowest BCUT2D eigenvalue weighted by molar-refractivity contribution is -0.165. The molecule has 0 aliphatic carbocycles. The Kier molecular flexibility index (Phi) is 3.25. The Morgan fingerprint density at radius 2 is 2.17 bits per heavy atom. The lowest BCUT2D eigenvalue weighted by Crippen LogP contribution is -2.20. The number of halogens is 3. The Morgan fingerprint density at radius 1 is 1.44 bits per heavy atom. The van der Waals surface area contributed by atoms with Crippen LogP contribution in [-0.2, 0) is 4.79 Å². The number of ether oxygens (including phenoxy) is 1. The van der Waals surface area contributed by atoms with Crippen LogP contribution in [0, 0.1) is 0 Å². The number of methoxy groups -OCH3 is 1. The Balaban J connectivity index is 2.20. The summed E-state index contributed by atoms with van der Waals surface area (Å²) in [5.74, 6) is -1.29. The van der Waals surface area contributed by atoms with Crippen LogP contribution in [0.1, 0.15) is 0 Å². The maximum atomic E-state index is 12.1. The van der Waals surface area contributed by atoms with Crippen molar-refractivity contribution in [2.24, 2.45) is 0 Å². The smallest absolute Gasteiger partial charge is 0.454 e. The van der Waals surface area contributed by atoms with Gasteiger partial charge in [-0.1, -0.05) is 11.8 Å². The average molecular weight is 275 g/mol. The summed E-state index contributed by atoms with van der Waals surface area (Å²) in [6.45, 7) is 0. The van der Waals surface area contributed by atoms with Crippen molar-refractivity contribution in [3.05, 3.63) is 29.3 Å². The van der Waals surface area contributed by atoms with Crippen molar-refractivity contribution in [2.45, 2.75) is 11.1 Å². The van der Waals surface area contributed by atoms with E-state index in [-0.39, 0.29) is 5.03 Å². The predicted molar refractivity (Wildman–Crippen MR) is 61.6 cm³/mol. The van der Waals surface area contributed by atoms with Crippen molar-refractivity contribution in [2.75, 3.05) is 12.4 Å². The molecule has 1 N–H and O–H groups in total. The van der Waals surface area contributed by atoms with E-state index in [2.05, 4.69) is 5.32 Å². The first-order valence-electron chi connectivity index (χ1n) is 4.86. The van der Waals surface area contributed by atoms with E-state index < -0.39 is 12.0 Å². The predicted octanol–water partition coefficient (Wildman–Crippen LogP) is 3.19. The third-order valence-corrected chi connectivity index (χ3v) is 3.22. The molecule has 7 heteroatoms. The molecule has 0 unspecified atom stereocenters. The zero-order valence-electron chi connectivity index (χ0n) is 9.17. The number of benzene rings is 1. The van der Waals surface area contributed by atoms with Crippen LogP contribution in [0.4, 0.5) is 18.9 Å². The molecular formula is C11H8F3NO2S. The van der Waals surface area contributed by atoms with Gasteiger partial charge in [-0.25, -0.2) is 0 Å². The summed E-state index contributed by atoms with van der Waals surface area (Å²) in [6, 6.07) is 5.06. The van der Waals surface area contributed by atoms with Crippen molar-refractivity contribution in [3.63, 3.8) is 0 Å². The number of nitrogens with one attached hydrogen (secondary N) is 1. The highest BCUT2D eigenvalue weighted by atomic mass is 32.2. The largest absolute Gasteiger partial charge is 0.497 e. The summed E-state index contributed by atoms with van der Waals surface area (Å²) >= 11 is 1.07. The van der Waals surface area contributed by atoms with Crippen LogP contribution in [-0.4, -0.2) is 19.1 Å². The molecule has 0 bridgehead atoms. The molecule has 0 saturated heterocycles. The number of hydrogen-bond donors (Lipinski definition) is 1. The topological polar surface area (TPSA) is 38.3 Å². The molecule has 1 aliphatic heterocycles. The first kappa shape index (κ1) is 12.8. The number of fused-ring (bicyclic) bond motifs is 1. The van der Waals surface area contributed by atoms with Crippen LogP contribution in [0.5, 0.6) is 5.75 Å². The third kappa shape index (κ3) is 2.61. The number of carbonyl (C=O) groups is 1. The van der Waals surface area contributed by atoms with E-state index >= 15 is 0 Å². The van der Waals surface area contributed by atoms with Crippen molar-refractivity contribution in [3.8, 4) is 5.75 Å². The van der Waals surface area contributed by atoms with Crippen LogP contribution >= 0.6 is 11.8 Å². The molecule has 96 valence electrons. The van der Waals surface area contributed by atoms with Gasteiger partial charge < -0.3 is 10.1 Å². The molecule has 0 fully saturated rings. The van der Waals surface area contributed by atoms with Gasteiger partial charge in [-0.15, -0.1) is 0 Å². The van der Waals surface area contributed by atoms with Gasteiger partial charge in [0.25, 0.3) is 5.78 Å². The van der Waals surface area contributed by atoms with E-state index in [1.807, 2.05) is 0 Å². The van der Waals surface area contributed by atoms with E-state index in [9.17, 15) is 18.0 Å². The van der Waals surface area contributed by atoms with Crippen molar-refractivity contribution in [1.29, 1.82) is 0 Å². The second kappa shape index (κ2) is 4.56. The highest BCUT2D eigenvalue weighted by Crippen LogP contribution is 2.42. The van der Waals surface area contributed by atoms with Crippen LogP contribution in [0.2, 0.25) is 0 Å². The number of thioether (sulfide) groups is 1. The van der Waals surface area contributed by atoms with Crippen molar-refractivity contribution >= 4 is 23.2 Å². The molecule has 1 aliphatic rings. The average Bonchev–Trinajstić information content (AvgIpc) is 2.68. The second-order valence-electron chi connectivity index (χ2n) is 3.46. The first-order chi connectivity index (χ1) is 8.40. The van der Waals surface area contributed by atoms with Gasteiger partial charge in [-0.05, 0) is 12.1 Å². The first-order valence-corrected chi connectivity index (χ1v) is 5.67. The van der Waals surface area contributed by atoms with Gasteiger partial charge in [0.15, 0.2) is 0 Å². The highest BCUT2D eigenvalue weighted by molar-refractivity contribution is 8.03. The SMILES string of the molecule is COc1ccc2c(c1)N/C(=C\C(=O)C(F)(F)F)S2. The summed E-state index contributed by atoms with van der Waals surface area (Å²) in [6.07, 6.45) is -4.29. The molecule has 2 rings (SSSR count). The Bertz CT molecular complexity index is 526. The molecule has 18 heavy (non-hydrogen) atoms. The Hall–Kier alpha value is -1.63. The maximum Gasteiger partial charge on any atom is 0.454 e. The zero-order valence-corrected chi connectivity index (χ0v) is 9.98. The maximum absolute atomic E-state index is 12.1.